The molecular formula is C11H12ClN5O. The molecule has 5 N–H and O–H groups in total. The van der Waals surface area contributed by atoms with E-state index in [1.165, 1.54) is 0 Å². The summed E-state index contributed by atoms with van der Waals surface area (Å²) < 4.78 is 0. The van der Waals surface area contributed by atoms with E-state index >= 15 is 0 Å². The first-order valence-corrected chi connectivity index (χ1v) is 5.54. The molecule has 1 aromatic carbocycles. The third-order valence-electron chi connectivity index (χ3n) is 2.53. The number of amides is 1. The van der Waals surface area contributed by atoms with E-state index in [1.807, 2.05) is 0 Å². The third kappa shape index (κ3) is 2.03. The molecule has 1 amide bonds. The molecule has 7 heteroatoms. The van der Waals surface area contributed by atoms with Crippen LogP contribution in [0.1, 0.15) is 16.2 Å². The van der Waals surface area contributed by atoms with Gasteiger partial charge in [-0.15, -0.1) is 0 Å². The molecule has 1 heterocycles. The molecule has 0 saturated carbocycles. The number of hydrogen-bond donors (Lipinski definition) is 3. The molecule has 0 unspecified atom stereocenters. The van der Waals surface area contributed by atoms with Crippen molar-refractivity contribution in [3.05, 3.63) is 40.7 Å². The Kier molecular flexibility index (Phi) is 3.22. The Labute approximate surface area is 108 Å². The average molecular weight is 266 g/mol. The van der Waals surface area contributed by atoms with Crippen LogP contribution in [-0.4, -0.2) is 16.1 Å². The summed E-state index contributed by atoms with van der Waals surface area (Å²) in [5.41, 5.74) is 7.10. The molecule has 0 radical (unpaired) electrons. The van der Waals surface area contributed by atoms with E-state index in [9.17, 15) is 4.79 Å². The van der Waals surface area contributed by atoms with Crippen LogP contribution in [0.25, 0.3) is 0 Å². The summed E-state index contributed by atoms with van der Waals surface area (Å²) in [5.74, 6) is 5.22. The molecule has 2 rings (SSSR count). The highest BCUT2D eigenvalue weighted by Crippen LogP contribution is 2.25. The van der Waals surface area contributed by atoms with Crippen LogP contribution in [0.5, 0.6) is 0 Å². The van der Waals surface area contributed by atoms with Crippen LogP contribution < -0.4 is 16.6 Å². The minimum atomic E-state index is -0.523. The van der Waals surface area contributed by atoms with Crippen molar-refractivity contribution in [2.75, 3.05) is 10.7 Å². The Morgan fingerprint density at radius 2 is 2.11 bits per heavy atom. The number of aromatic amines is 1. The molecule has 0 aliphatic heterocycles. The van der Waals surface area contributed by atoms with Gasteiger partial charge < -0.3 is 5.73 Å². The second-order valence-electron chi connectivity index (χ2n) is 3.74. The van der Waals surface area contributed by atoms with E-state index in [4.69, 9.17) is 23.2 Å². The monoisotopic (exact) mass is 265 g/mol. The Morgan fingerprint density at radius 3 is 2.67 bits per heavy atom. The standard InChI is InChI=1S/C11H12ClN5O/c1-6-9(13)10(16-15-6)11(18)17(14)8-5-3-2-4-7(8)12/h2-5H,13-14H2,1H3,(H,15,16). The SMILES string of the molecule is Cc1[nH]nc(C(=O)N(N)c2ccccc2Cl)c1N. The highest BCUT2D eigenvalue weighted by molar-refractivity contribution is 6.34. The van der Waals surface area contributed by atoms with Gasteiger partial charge in [0, 0.05) is 0 Å². The summed E-state index contributed by atoms with van der Waals surface area (Å²) in [6.07, 6.45) is 0. The first-order valence-electron chi connectivity index (χ1n) is 5.16. The molecule has 6 nitrogen and oxygen atoms in total. The maximum Gasteiger partial charge on any atom is 0.295 e. The average Bonchev–Trinajstić information content (AvgIpc) is 2.69. The number of nitrogen functional groups attached to an aromatic ring is 1. The minimum absolute atomic E-state index is 0.0786. The topological polar surface area (TPSA) is 101 Å². The van der Waals surface area contributed by atoms with Crippen LogP contribution in [0.15, 0.2) is 24.3 Å². The van der Waals surface area contributed by atoms with E-state index in [0.29, 0.717) is 16.4 Å². The molecule has 0 atom stereocenters. The van der Waals surface area contributed by atoms with Crippen molar-refractivity contribution in [2.45, 2.75) is 6.92 Å². The number of carbonyl (C=O) groups excluding carboxylic acids is 1. The smallest absolute Gasteiger partial charge is 0.295 e. The van der Waals surface area contributed by atoms with Crippen molar-refractivity contribution in [1.29, 1.82) is 0 Å². The molecule has 0 aliphatic rings. The molecule has 0 bridgehead atoms. The lowest BCUT2D eigenvalue weighted by atomic mass is 10.2. The van der Waals surface area contributed by atoms with Gasteiger partial charge in [0.25, 0.3) is 5.91 Å². The molecule has 0 aliphatic carbocycles. The van der Waals surface area contributed by atoms with Crippen LogP contribution >= 0.6 is 11.6 Å². The van der Waals surface area contributed by atoms with Crippen molar-refractivity contribution in [1.82, 2.24) is 10.2 Å². The number of para-hydroxylation sites is 1. The zero-order valence-electron chi connectivity index (χ0n) is 9.64. The number of carbonyl (C=O) groups is 1. The van der Waals surface area contributed by atoms with Crippen molar-refractivity contribution >= 4 is 28.9 Å². The molecule has 0 spiro atoms. The molecule has 18 heavy (non-hydrogen) atoms. The van der Waals surface area contributed by atoms with E-state index in [-0.39, 0.29) is 11.4 Å². The van der Waals surface area contributed by atoms with Crippen LogP contribution in [0, 0.1) is 6.92 Å². The third-order valence-corrected chi connectivity index (χ3v) is 2.85. The number of hydrazine groups is 1. The fourth-order valence-corrected chi connectivity index (χ4v) is 1.70. The minimum Gasteiger partial charge on any atom is -0.395 e. The predicted molar refractivity (Wildman–Crippen MR) is 70.2 cm³/mol. The van der Waals surface area contributed by atoms with Gasteiger partial charge in [-0.25, -0.2) is 10.9 Å². The van der Waals surface area contributed by atoms with E-state index in [0.717, 1.165) is 5.01 Å². The van der Waals surface area contributed by atoms with Crippen LogP contribution in [0.3, 0.4) is 0 Å². The number of hydrogen-bond acceptors (Lipinski definition) is 4. The number of nitrogens with zero attached hydrogens (tertiary/aromatic N) is 2. The van der Waals surface area contributed by atoms with Gasteiger partial charge in [-0.2, -0.15) is 5.10 Å². The summed E-state index contributed by atoms with van der Waals surface area (Å²) in [7, 11) is 0. The molecule has 94 valence electrons. The number of benzene rings is 1. The highest BCUT2D eigenvalue weighted by Gasteiger charge is 2.22. The van der Waals surface area contributed by atoms with Gasteiger partial charge in [0.2, 0.25) is 0 Å². The van der Waals surface area contributed by atoms with Crippen molar-refractivity contribution in [2.24, 2.45) is 5.84 Å². The number of nitrogens with one attached hydrogen (secondary N) is 1. The predicted octanol–water partition coefficient (Wildman–Crippen LogP) is 1.47. The second-order valence-corrected chi connectivity index (χ2v) is 4.14. The maximum absolute atomic E-state index is 12.1. The maximum atomic E-state index is 12.1. The largest absolute Gasteiger partial charge is 0.395 e. The van der Waals surface area contributed by atoms with Gasteiger partial charge in [0.1, 0.15) is 0 Å². The van der Waals surface area contributed by atoms with Gasteiger partial charge in [-0.3, -0.25) is 9.89 Å². The zero-order chi connectivity index (χ0) is 13.3. The number of halogens is 1. The van der Waals surface area contributed by atoms with Crippen molar-refractivity contribution < 1.29 is 4.79 Å². The molecule has 2 aromatic rings. The normalized spacial score (nSPS) is 10.4. The Morgan fingerprint density at radius 1 is 1.44 bits per heavy atom. The van der Waals surface area contributed by atoms with Gasteiger partial charge in [-0.05, 0) is 19.1 Å². The Bertz CT molecular complexity index is 595. The van der Waals surface area contributed by atoms with Crippen molar-refractivity contribution in [3.63, 3.8) is 0 Å². The van der Waals surface area contributed by atoms with Gasteiger partial charge in [0.05, 0.1) is 22.1 Å². The zero-order valence-corrected chi connectivity index (χ0v) is 10.4. The molecule has 0 saturated heterocycles. The number of rotatable bonds is 2. The lowest BCUT2D eigenvalue weighted by molar-refractivity contribution is 0.0983. The fraction of sp³-hybridized carbons (Fsp3) is 0.0909. The number of anilines is 2. The molecular weight excluding hydrogens is 254 g/mol. The van der Waals surface area contributed by atoms with Gasteiger partial charge >= 0.3 is 0 Å². The number of H-pyrrole nitrogens is 1. The van der Waals surface area contributed by atoms with E-state index < -0.39 is 5.91 Å². The van der Waals surface area contributed by atoms with Crippen LogP contribution in [0.4, 0.5) is 11.4 Å². The second kappa shape index (κ2) is 4.67. The lowest BCUT2D eigenvalue weighted by Crippen LogP contribution is -2.38. The summed E-state index contributed by atoms with van der Waals surface area (Å²) in [6, 6.07) is 6.75. The molecule has 1 aromatic heterocycles. The first kappa shape index (κ1) is 12.4. The number of aromatic nitrogens is 2. The number of aryl methyl sites for hydroxylation is 1. The summed E-state index contributed by atoms with van der Waals surface area (Å²) >= 11 is 5.96. The van der Waals surface area contributed by atoms with E-state index in [2.05, 4.69) is 10.2 Å². The molecule has 0 fully saturated rings. The summed E-state index contributed by atoms with van der Waals surface area (Å²) in [6.45, 7) is 1.72. The summed E-state index contributed by atoms with van der Waals surface area (Å²) in [5, 5.41) is 7.75. The number of nitrogens with two attached hydrogens (primary N) is 2. The van der Waals surface area contributed by atoms with E-state index in [1.54, 1.807) is 31.2 Å². The van der Waals surface area contributed by atoms with Crippen LogP contribution in [-0.2, 0) is 0 Å². The first-order chi connectivity index (χ1) is 8.52. The lowest BCUT2D eigenvalue weighted by Gasteiger charge is -2.16. The summed E-state index contributed by atoms with van der Waals surface area (Å²) in [4.78, 5) is 12.1. The quantitative estimate of drug-likeness (QED) is 0.435. The Balaban J connectivity index is 2.35. The highest BCUT2D eigenvalue weighted by atomic mass is 35.5. The van der Waals surface area contributed by atoms with Crippen molar-refractivity contribution in [3.8, 4) is 0 Å². The van der Waals surface area contributed by atoms with Gasteiger partial charge in [-0.1, -0.05) is 23.7 Å². The fourth-order valence-electron chi connectivity index (χ4n) is 1.47. The van der Waals surface area contributed by atoms with Gasteiger partial charge in [0.15, 0.2) is 5.69 Å². The van der Waals surface area contributed by atoms with Crippen LogP contribution in [0.2, 0.25) is 5.02 Å². The Hall–Kier alpha value is -2.05.